The van der Waals surface area contributed by atoms with Gasteiger partial charge in [0.15, 0.2) is 5.69 Å². The molecule has 0 radical (unpaired) electrons. The molecular formula is C32H36F3N7O4S. The Hall–Kier alpha value is -4.34. The van der Waals surface area contributed by atoms with E-state index in [1.54, 1.807) is 24.4 Å². The Kier molecular flexibility index (Phi) is 10.6. The molecule has 250 valence electrons. The molecule has 1 fully saturated rings. The van der Waals surface area contributed by atoms with Crippen molar-refractivity contribution in [2.45, 2.75) is 38.4 Å². The first-order valence-corrected chi connectivity index (χ1v) is 16.1. The maximum Gasteiger partial charge on any atom is 0.434 e. The Morgan fingerprint density at radius 2 is 1.87 bits per heavy atom. The summed E-state index contributed by atoms with van der Waals surface area (Å²) in [5, 5.41) is 9.36. The van der Waals surface area contributed by atoms with Crippen LogP contribution in [-0.2, 0) is 10.9 Å². The van der Waals surface area contributed by atoms with E-state index in [0.29, 0.717) is 68.8 Å². The van der Waals surface area contributed by atoms with Crippen LogP contribution in [0.15, 0.2) is 46.8 Å². The molecule has 0 aliphatic carbocycles. The number of thiazole rings is 1. The van der Waals surface area contributed by atoms with Crippen LogP contribution < -0.4 is 21.4 Å². The van der Waals surface area contributed by atoms with Crippen LogP contribution in [0.2, 0.25) is 0 Å². The highest BCUT2D eigenvalue weighted by atomic mass is 32.1. The quantitative estimate of drug-likeness (QED) is 0.206. The zero-order chi connectivity index (χ0) is 33.7. The molecule has 1 aliphatic heterocycles. The summed E-state index contributed by atoms with van der Waals surface area (Å²) in [6.07, 6.45) is 0.488. The van der Waals surface area contributed by atoms with Gasteiger partial charge in [0.25, 0.3) is 5.91 Å². The van der Waals surface area contributed by atoms with Crippen LogP contribution in [0.5, 0.6) is 0 Å². The number of benzene rings is 1. The van der Waals surface area contributed by atoms with Crippen molar-refractivity contribution in [3.63, 3.8) is 0 Å². The normalized spacial score (nSPS) is 14.0. The minimum Gasteiger partial charge on any atom is -0.381 e. The van der Waals surface area contributed by atoms with Crippen LogP contribution in [0.25, 0.3) is 32.6 Å². The number of nitrogens with one attached hydrogen (secondary N) is 3. The summed E-state index contributed by atoms with van der Waals surface area (Å²) in [7, 11) is 3.76. The molecule has 5 rings (SSSR count). The zero-order valence-corrected chi connectivity index (χ0v) is 27.1. The standard InChI is InChI=1S/C32H36F3N7O4S/c1-4-9-37-31(45)40-27-15-21(30-39-26(18-47-30)32(33,34)35)23(16-38-27)19-5-6-25-22(14-19)28(43)24(29(44)36-10-11-41(2)3)17-42(25)20-7-12-46-13-8-20/h5-6,14-18,20H,4,7-13H2,1-3H3,(H,36,44)(H2,37,38,40,45). The van der Waals surface area contributed by atoms with E-state index >= 15 is 0 Å². The molecule has 15 heteroatoms. The van der Waals surface area contributed by atoms with Gasteiger partial charge >= 0.3 is 12.2 Å². The molecule has 11 nitrogen and oxygen atoms in total. The van der Waals surface area contributed by atoms with Gasteiger partial charge in [0, 0.05) is 73.2 Å². The van der Waals surface area contributed by atoms with E-state index < -0.39 is 29.2 Å². The maximum absolute atomic E-state index is 13.9. The van der Waals surface area contributed by atoms with E-state index in [9.17, 15) is 27.6 Å². The molecule has 0 atom stereocenters. The van der Waals surface area contributed by atoms with Crippen LogP contribution >= 0.6 is 11.3 Å². The van der Waals surface area contributed by atoms with E-state index in [-0.39, 0.29) is 33.4 Å². The number of carbonyl (C=O) groups is 2. The topological polar surface area (TPSA) is 130 Å². The first kappa shape index (κ1) is 34.0. The molecular weight excluding hydrogens is 635 g/mol. The number of alkyl halides is 3. The molecule has 0 saturated carbocycles. The van der Waals surface area contributed by atoms with E-state index in [0.717, 1.165) is 16.7 Å². The summed E-state index contributed by atoms with van der Waals surface area (Å²) in [6, 6.07) is 6.09. The monoisotopic (exact) mass is 671 g/mol. The fraction of sp³-hybridized carbons (Fsp3) is 0.406. The average Bonchev–Trinajstić information content (AvgIpc) is 3.55. The summed E-state index contributed by atoms with van der Waals surface area (Å²) >= 11 is 0.802. The first-order chi connectivity index (χ1) is 22.5. The fourth-order valence-electron chi connectivity index (χ4n) is 5.30. The number of aromatic nitrogens is 3. The number of fused-ring (bicyclic) bond motifs is 1. The predicted molar refractivity (Wildman–Crippen MR) is 175 cm³/mol. The molecule has 47 heavy (non-hydrogen) atoms. The molecule has 3 amide bonds. The minimum absolute atomic E-state index is 0.00868. The number of nitrogens with zero attached hydrogens (tertiary/aromatic N) is 4. The second-order valence-corrected chi connectivity index (χ2v) is 12.3. The number of anilines is 1. The van der Waals surface area contributed by atoms with Crippen molar-refractivity contribution >= 4 is 40.0 Å². The third kappa shape index (κ3) is 7.97. The summed E-state index contributed by atoms with van der Waals surface area (Å²) in [4.78, 5) is 49.6. The van der Waals surface area contributed by atoms with Gasteiger partial charge in [-0.2, -0.15) is 13.2 Å². The Balaban J connectivity index is 1.64. The van der Waals surface area contributed by atoms with Gasteiger partial charge in [0.05, 0.1) is 5.52 Å². The van der Waals surface area contributed by atoms with Gasteiger partial charge in [-0.05, 0) is 57.1 Å². The van der Waals surface area contributed by atoms with Crippen molar-refractivity contribution in [1.82, 2.24) is 30.1 Å². The molecule has 3 N–H and O–H groups in total. The summed E-state index contributed by atoms with van der Waals surface area (Å²) in [5.74, 6) is -0.382. The van der Waals surface area contributed by atoms with Gasteiger partial charge in [0.2, 0.25) is 5.43 Å². The average molecular weight is 672 g/mol. The third-order valence-electron chi connectivity index (χ3n) is 7.72. The first-order valence-electron chi connectivity index (χ1n) is 15.2. The highest BCUT2D eigenvalue weighted by molar-refractivity contribution is 7.13. The van der Waals surface area contributed by atoms with E-state index in [4.69, 9.17) is 4.74 Å². The lowest BCUT2D eigenvalue weighted by atomic mass is 9.98. The van der Waals surface area contributed by atoms with Gasteiger partial charge in [0.1, 0.15) is 16.4 Å². The number of rotatable bonds is 10. The van der Waals surface area contributed by atoms with E-state index in [2.05, 4.69) is 25.9 Å². The van der Waals surface area contributed by atoms with Gasteiger partial charge in [-0.1, -0.05) is 13.0 Å². The van der Waals surface area contributed by atoms with Crippen molar-refractivity contribution in [1.29, 1.82) is 0 Å². The molecule has 3 aromatic heterocycles. The molecule has 1 saturated heterocycles. The van der Waals surface area contributed by atoms with Crippen LogP contribution in [-0.4, -0.2) is 78.3 Å². The molecule has 4 heterocycles. The Morgan fingerprint density at radius 3 is 2.55 bits per heavy atom. The van der Waals surface area contributed by atoms with Crippen molar-refractivity contribution in [3.05, 3.63) is 63.5 Å². The predicted octanol–water partition coefficient (Wildman–Crippen LogP) is 5.38. The lowest BCUT2D eigenvalue weighted by molar-refractivity contribution is -0.140. The van der Waals surface area contributed by atoms with Crippen LogP contribution in [0.3, 0.4) is 0 Å². The molecule has 0 spiro atoms. The van der Waals surface area contributed by atoms with Gasteiger partial charge in [-0.3, -0.25) is 14.9 Å². The van der Waals surface area contributed by atoms with Gasteiger partial charge in [-0.15, -0.1) is 11.3 Å². The number of halogens is 3. The molecule has 0 unspecified atom stereocenters. The van der Waals surface area contributed by atoms with E-state index in [1.165, 1.54) is 12.3 Å². The SMILES string of the molecule is CCCNC(=O)Nc1cc(-c2nc(C(F)(F)F)cs2)c(-c2ccc3c(c2)c(=O)c(C(=O)NCCN(C)C)cn3C2CCOCC2)cn1. The third-order valence-corrected chi connectivity index (χ3v) is 8.60. The number of ether oxygens (including phenoxy) is 1. The van der Waals surface area contributed by atoms with Crippen molar-refractivity contribution in [3.8, 4) is 21.7 Å². The highest BCUT2D eigenvalue weighted by Gasteiger charge is 2.34. The van der Waals surface area contributed by atoms with Gasteiger partial charge in [-0.25, -0.2) is 14.8 Å². The number of hydrogen-bond donors (Lipinski definition) is 3. The number of carbonyl (C=O) groups excluding carboxylic acids is 2. The smallest absolute Gasteiger partial charge is 0.381 e. The second kappa shape index (κ2) is 14.6. The highest BCUT2D eigenvalue weighted by Crippen LogP contribution is 2.39. The van der Waals surface area contributed by atoms with Crippen molar-refractivity contribution in [2.24, 2.45) is 0 Å². The Bertz CT molecular complexity index is 1820. The largest absolute Gasteiger partial charge is 0.434 e. The summed E-state index contributed by atoms with van der Waals surface area (Å²) in [6.45, 7) is 4.34. The van der Waals surface area contributed by atoms with Crippen LogP contribution in [0.4, 0.5) is 23.8 Å². The second-order valence-electron chi connectivity index (χ2n) is 11.4. The van der Waals surface area contributed by atoms with Gasteiger partial charge < -0.3 is 24.8 Å². The fourth-order valence-corrected chi connectivity index (χ4v) is 6.15. The molecule has 0 bridgehead atoms. The summed E-state index contributed by atoms with van der Waals surface area (Å²) < 4.78 is 48.1. The van der Waals surface area contributed by atoms with Crippen LogP contribution in [0, 0.1) is 0 Å². The maximum atomic E-state index is 13.9. The number of amides is 3. The number of likely N-dealkylation sites (N-methyl/N-ethyl adjacent to an activating group) is 1. The van der Waals surface area contributed by atoms with Crippen molar-refractivity contribution in [2.75, 3.05) is 52.3 Å². The summed E-state index contributed by atoms with van der Waals surface area (Å²) in [5.41, 5.74) is 0.252. The number of hydrogen-bond acceptors (Lipinski definition) is 8. The van der Waals surface area contributed by atoms with Crippen molar-refractivity contribution < 1.29 is 27.5 Å². The Morgan fingerprint density at radius 1 is 1.11 bits per heavy atom. The van der Waals surface area contributed by atoms with Crippen LogP contribution in [0.1, 0.15) is 48.3 Å². The number of urea groups is 1. The minimum atomic E-state index is -4.65. The molecule has 4 aromatic rings. The molecule has 1 aromatic carbocycles. The molecule has 1 aliphatic rings. The Labute approximate surface area is 273 Å². The zero-order valence-electron chi connectivity index (χ0n) is 26.2. The lowest BCUT2D eigenvalue weighted by Crippen LogP contribution is -2.35. The lowest BCUT2D eigenvalue weighted by Gasteiger charge is -2.27. The van der Waals surface area contributed by atoms with E-state index in [1.807, 2.05) is 30.5 Å². The number of pyridine rings is 2.